The Kier molecular flexibility index (Phi) is 3.86. The third-order valence-corrected chi connectivity index (χ3v) is 5.57. The van der Waals surface area contributed by atoms with Gasteiger partial charge in [0.05, 0.1) is 11.5 Å². The lowest BCUT2D eigenvalue weighted by Crippen LogP contribution is -2.50. The van der Waals surface area contributed by atoms with Gasteiger partial charge in [0.2, 0.25) is 15.9 Å². The number of morpholine rings is 1. The van der Waals surface area contributed by atoms with Crippen LogP contribution in [0, 0.1) is 0 Å². The van der Waals surface area contributed by atoms with Crippen LogP contribution < -0.4 is 5.73 Å². The van der Waals surface area contributed by atoms with E-state index in [0.29, 0.717) is 0 Å². The van der Waals surface area contributed by atoms with Gasteiger partial charge in [0, 0.05) is 13.1 Å². The molecule has 116 valence electrons. The summed E-state index contributed by atoms with van der Waals surface area (Å²) in [7, 11) is -3.67. The van der Waals surface area contributed by atoms with Crippen LogP contribution in [-0.4, -0.2) is 44.4 Å². The summed E-state index contributed by atoms with van der Waals surface area (Å²) in [5.41, 5.74) is 5.20. The van der Waals surface area contributed by atoms with E-state index in [1.807, 2.05) is 24.3 Å². The van der Waals surface area contributed by atoms with E-state index >= 15 is 0 Å². The zero-order valence-corrected chi connectivity index (χ0v) is 12.6. The molecule has 2 aromatic rings. The van der Waals surface area contributed by atoms with E-state index in [-0.39, 0.29) is 24.6 Å². The van der Waals surface area contributed by atoms with Gasteiger partial charge in [-0.2, -0.15) is 4.31 Å². The van der Waals surface area contributed by atoms with Crippen LogP contribution in [0.1, 0.15) is 0 Å². The van der Waals surface area contributed by atoms with Gasteiger partial charge < -0.3 is 10.5 Å². The first-order valence-electron chi connectivity index (χ1n) is 6.88. The molecule has 1 amide bonds. The Morgan fingerprint density at radius 1 is 1.18 bits per heavy atom. The molecule has 0 bridgehead atoms. The molecule has 0 saturated carbocycles. The lowest BCUT2D eigenvalue weighted by atomic mass is 10.1. The second-order valence-electron chi connectivity index (χ2n) is 5.13. The second kappa shape index (κ2) is 5.68. The molecule has 6 nitrogen and oxygen atoms in total. The quantitative estimate of drug-likeness (QED) is 0.902. The van der Waals surface area contributed by atoms with Crippen LogP contribution >= 0.6 is 0 Å². The monoisotopic (exact) mass is 320 g/mol. The minimum absolute atomic E-state index is 0.0511. The molecule has 3 rings (SSSR count). The summed E-state index contributed by atoms with van der Waals surface area (Å²) in [6, 6.07) is 12.5. The van der Waals surface area contributed by atoms with Gasteiger partial charge >= 0.3 is 0 Å². The van der Waals surface area contributed by atoms with Crippen LogP contribution in [0.5, 0.6) is 0 Å². The highest BCUT2D eigenvalue weighted by atomic mass is 32.2. The number of carbonyl (C=O) groups is 1. The molecule has 2 aromatic carbocycles. The van der Waals surface area contributed by atoms with Crippen molar-refractivity contribution in [1.29, 1.82) is 0 Å². The molecule has 1 saturated heterocycles. The van der Waals surface area contributed by atoms with Crippen molar-refractivity contribution in [2.75, 3.05) is 19.7 Å². The van der Waals surface area contributed by atoms with E-state index in [1.165, 1.54) is 4.31 Å². The number of hydrogen-bond acceptors (Lipinski definition) is 4. The maximum atomic E-state index is 12.7. The maximum absolute atomic E-state index is 12.7. The van der Waals surface area contributed by atoms with Crippen LogP contribution in [0.15, 0.2) is 47.4 Å². The van der Waals surface area contributed by atoms with Gasteiger partial charge in [-0.15, -0.1) is 0 Å². The molecule has 0 spiro atoms. The van der Waals surface area contributed by atoms with Crippen molar-refractivity contribution < 1.29 is 17.9 Å². The van der Waals surface area contributed by atoms with Gasteiger partial charge in [-0.25, -0.2) is 8.42 Å². The fourth-order valence-electron chi connectivity index (χ4n) is 2.49. The lowest BCUT2D eigenvalue weighted by molar-refractivity contribution is -0.132. The second-order valence-corrected chi connectivity index (χ2v) is 7.07. The highest BCUT2D eigenvalue weighted by Crippen LogP contribution is 2.23. The van der Waals surface area contributed by atoms with E-state index in [9.17, 15) is 13.2 Å². The third kappa shape index (κ3) is 2.70. The molecule has 0 aliphatic carbocycles. The van der Waals surface area contributed by atoms with Crippen LogP contribution in [0.4, 0.5) is 0 Å². The number of ether oxygens (including phenoxy) is 1. The Balaban J connectivity index is 1.95. The van der Waals surface area contributed by atoms with Crippen LogP contribution in [0.25, 0.3) is 10.8 Å². The lowest BCUT2D eigenvalue weighted by Gasteiger charge is -2.30. The van der Waals surface area contributed by atoms with Crippen molar-refractivity contribution in [2.45, 2.75) is 11.0 Å². The summed E-state index contributed by atoms with van der Waals surface area (Å²) in [6.45, 7) is 0.309. The Labute approximate surface area is 128 Å². The maximum Gasteiger partial charge on any atom is 0.247 e. The molecule has 1 aliphatic rings. The first-order valence-corrected chi connectivity index (χ1v) is 8.32. The number of hydrogen-bond donors (Lipinski definition) is 1. The summed E-state index contributed by atoms with van der Waals surface area (Å²) in [5, 5.41) is 1.82. The van der Waals surface area contributed by atoms with Crippen LogP contribution in [-0.2, 0) is 19.6 Å². The molecule has 1 heterocycles. The molecular formula is C15H16N2O4S. The Morgan fingerprint density at radius 3 is 2.64 bits per heavy atom. The summed E-state index contributed by atoms with van der Waals surface area (Å²) in [6.07, 6.45) is -0.899. The summed E-state index contributed by atoms with van der Waals surface area (Å²) < 4.78 is 31.9. The van der Waals surface area contributed by atoms with Gasteiger partial charge in [0.25, 0.3) is 0 Å². The van der Waals surface area contributed by atoms with Gasteiger partial charge in [-0.1, -0.05) is 30.3 Å². The largest absolute Gasteiger partial charge is 0.367 e. The molecule has 1 aliphatic heterocycles. The Morgan fingerprint density at radius 2 is 1.91 bits per heavy atom. The number of sulfonamides is 1. The molecule has 22 heavy (non-hydrogen) atoms. The van der Waals surface area contributed by atoms with Crippen LogP contribution in [0.2, 0.25) is 0 Å². The van der Waals surface area contributed by atoms with Gasteiger partial charge in [0.1, 0.15) is 6.10 Å². The highest BCUT2D eigenvalue weighted by Gasteiger charge is 2.33. The van der Waals surface area contributed by atoms with Gasteiger partial charge in [-0.05, 0) is 22.9 Å². The summed E-state index contributed by atoms with van der Waals surface area (Å²) in [4.78, 5) is 11.4. The normalized spacial score (nSPS) is 20.1. The van der Waals surface area contributed by atoms with E-state index in [2.05, 4.69) is 0 Å². The van der Waals surface area contributed by atoms with Crippen molar-refractivity contribution in [3.63, 3.8) is 0 Å². The number of carbonyl (C=O) groups excluding carboxylic acids is 1. The first-order chi connectivity index (χ1) is 10.5. The van der Waals surface area contributed by atoms with Crippen molar-refractivity contribution in [3.8, 4) is 0 Å². The summed E-state index contributed by atoms with van der Waals surface area (Å²) >= 11 is 0. The van der Waals surface area contributed by atoms with Crippen molar-refractivity contribution in [3.05, 3.63) is 42.5 Å². The number of primary amides is 1. The SMILES string of the molecule is NC(=O)[C@H]1CN(S(=O)(=O)c2ccc3ccccc3c2)CCO1. The predicted octanol–water partition coefficient (Wildman–Crippen LogP) is 0.715. The van der Waals surface area contributed by atoms with Crippen LogP contribution in [0.3, 0.4) is 0 Å². The Bertz CT molecular complexity index is 819. The average molecular weight is 320 g/mol. The predicted molar refractivity (Wildman–Crippen MR) is 81.6 cm³/mol. The van der Waals surface area contributed by atoms with Gasteiger partial charge in [-0.3, -0.25) is 4.79 Å². The first kappa shape index (κ1) is 15.0. The zero-order chi connectivity index (χ0) is 15.7. The van der Waals surface area contributed by atoms with E-state index in [4.69, 9.17) is 10.5 Å². The topological polar surface area (TPSA) is 89.7 Å². The smallest absolute Gasteiger partial charge is 0.247 e. The molecule has 0 aromatic heterocycles. The molecule has 0 radical (unpaired) electrons. The standard InChI is InChI=1S/C15H16N2O4S/c16-15(18)14-10-17(7-8-21-14)22(19,20)13-6-5-11-3-1-2-4-12(11)9-13/h1-6,9,14H,7-8,10H2,(H2,16,18)/t14-/m1/s1. The molecule has 7 heteroatoms. The van der Waals surface area contributed by atoms with Crippen molar-refractivity contribution >= 4 is 26.7 Å². The van der Waals surface area contributed by atoms with Crippen molar-refractivity contribution in [1.82, 2.24) is 4.31 Å². The third-order valence-electron chi connectivity index (χ3n) is 3.71. The number of nitrogens with zero attached hydrogens (tertiary/aromatic N) is 1. The molecular weight excluding hydrogens is 304 g/mol. The highest BCUT2D eigenvalue weighted by molar-refractivity contribution is 7.89. The average Bonchev–Trinajstić information content (AvgIpc) is 2.54. The van der Waals surface area contributed by atoms with Crippen molar-refractivity contribution in [2.24, 2.45) is 5.73 Å². The number of amides is 1. The number of fused-ring (bicyclic) bond motifs is 1. The fourth-order valence-corrected chi connectivity index (χ4v) is 3.95. The molecule has 2 N–H and O–H groups in total. The summed E-state index contributed by atoms with van der Waals surface area (Å²) in [5.74, 6) is -0.654. The van der Waals surface area contributed by atoms with Gasteiger partial charge in [0.15, 0.2) is 0 Å². The number of nitrogens with two attached hydrogens (primary N) is 1. The fraction of sp³-hybridized carbons (Fsp3) is 0.267. The molecule has 0 unspecified atom stereocenters. The van der Waals surface area contributed by atoms with E-state index < -0.39 is 22.0 Å². The minimum atomic E-state index is -3.67. The number of benzene rings is 2. The molecule has 1 atom stereocenters. The minimum Gasteiger partial charge on any atom is -0.367 e. The molecule has 1 fully saturated rings. The zero-order valence-electron chi connectivity index (χ0n) is 11.8. The Hall–Kier alpha value is -1.96. The van der Waals surface area contributed by atoms with E-state index in [1.54, 1.807) is 18.2 Å². The number of rotatable bonds is 3. The van der Waals surface area contributed by atoms with E-state index in [0.717, 1.165) is 10.8 Å².